The molecule has 198 valence electrons. The molecule has 4 rings (SSSR count). The summed E-state index contributed by atoms with van der Waals surface area (Å²) in [6, 6.07) is 5.80. The van der Waals surface area contributed by atoms with Crippen LogP contribution in [0.2, 0.25) is 0 Å². The van der Waals surface area contributed by atoms with Gasteiger partial charge in [0.2, 0.25) is 5.78 Å². The quantitative estimate of drug-likeness (QED) is 0.345. The number of nitrogens with one attached hydrogen (secondary N) is 2. The van der Waals surface area contributed by atoms with Crippen LogP contribution in [0.25, 0.3) is 0 Å². The molecule has 1 saturated carbocycles. The third-order valence-corrected chi connectivity index (χ3v) is 6.74. The monoisotopic (exact) mass is 540 g/mol. The van der Waals surface area contributed by atoms with E-state index in [4.69, 9.17) is 4.18 Å². The number of alkyl halides is 3. The maximum atomic E-state index is 13.1. The first-order chi connectivity index (χ1) is 17.4. The molecule has 1 aliphatic carbocycles. The van der Waals surface area contributed by atoms with Gasteiger partial charge in [-0.1, -0.05) is 12.1 Å². The SMILES string of the molecule is CNS(=O)(=O)O[C@@H]1C[C@H](Nc2ncncc2C(=O)c2ccn(Cc3cccc(C(F)(F)F)c3)n2)C[C@@H]1O. The Morgan fingerprint density at radius 3 is 2.78 bits per heavy atom. The van der Waals surface area contributed by atoms with Gasteiger partial charge in [-0.2, -0.15) is 31.4 Å². The molecule has 2 heterocycles. The van der Waals surface area contributed by atoms with Crippen LogP contribution in [0.15, 0.2) is 49.1 Å². The summed E-state index contributed by atoms with van der Waals surface area (Å²) in [4.78, 5) is 21.1. The molecule has 0 unspecified atom stereocenters. The summed E-state index contributed by atoms with van der Waals surface area (Å²) in [5.74, 6) is -0.378. The molecule has 3 aromatic rings. The molecule has 2 aromatic heterocycles. The fraction of sp³-hybridized carbons (Fsp3) is 0.364. The van der Waals surface area contributed by atoms with Gasteiger partial charge in [-0.25, -0.2) is 9.97 Å². The molecule has 37 heavy (non-hydrogen) atoms. The van der Waals surface area contributed by atoms with Gasteiger partial charge in [0.25, 0.3) is 0 Å². The van der Waals surface area contributed by atoms with Crippen LogP contribution in [0.1, 0.15) is 40.0 Å². The summed E-state index contributed by atoms with van der Waals surface area (Å²) in [6.45, 7) is 0.0183. The maximum Gasteiger partial charge on any atom is 0.416 e. The minimum absolute atomic E-state index is 0.0183. The van der Waals surface area contributed by atoms with E-state index in [0.717, 1.165) is 12.1 Å². The van der Waals surface area contributed by atoms with Gasteiger partial charge >= 0.3 is 16.5 Å². The highest BCUT2D eigenvalue weighted by Gasteiger charge is 2.37. The van der Waals surface area contributed by atoms with Crippen LogP contribution in [0.5, 0.6) is 0 Å². The molecular weight excluding hydrogens is 517 g/mol. The Morgan fingerprint density at radius 2 is 2.05 bits per heavy atom. The van der Waals surface area contributed by atoms with Crippen molar-refractivity contribution < 1.29 is 35.7 Å². The van der Waals surface area contributed by atoms with Crippen molar-refractivity contribution in [2.45, 2.75) is 43.8 Å². The number of hydrogen-bond donors (Lipinski definition) is 3. The Hall–Kier alpha value is -3.40. The number of carbonyl (C=O) groups is 1. The molecular formula is C22H23F3N6O5S. The number of aromatic nitrogens is 4. The zero-order chi connectivity index (χ0) is 26.8. The summed E-state index contributed by atoms with van der Waals surface area (Å²) in [5, 5.41) is 17.4. The van der Waals surface area contributed by atoms with Gasteiger partial charge in [0, 0.05) is 25.5 Å². The van der Waals surface area contributed by atoms with Crippen molar-refractivity contribution in [3.63, 3.8) is 0 Å². The van der Waals surface area contributed by atoms with Crippen molar-refractivity contribution in [1.29, 1.82) is 0 Å². The minimum atomic E-state index is -4.47. The first-order valence-electron chi connectivity index (χ1n) is 11.1. The van der Waals surface area contributed by atoms with E-state index < -0.39 is 46.1 Å². The van der Waals surface area contributed by atoms with Crippen molar-refractivity contribution >= 4 is 21.9 Å². The van der Waals surface area contributed by atoms with Crippen LogP contribution in [0, 0.1) is 0 Å². The number of anilines is 1. The zero-order valence-electron chi connectivity index (χ0n) is 19.4. The van der Waals surface area contributed by atoms with E-state index in [1.807, 2.05) is 4.72 Å². The Kier molecular flexibility index (Phi) is 7.59. The number of carbonyl (C=O) groups excluding carboxylic acids is 1. The number of halogens is 3. The number of ketones is 1. The number of benzene rings is 1. The second-order valence-electron chi connectivity index (χ2n) is 8.38. The third kappa shape index (κ3) is 6.49. The van der Waals surface area contributed by atoms with E-state index in [1.165, 1.54) is 48.6 Å². The molecule has 0 spiro atoms. The highest BCUT2D eigenvalue weighted by molar-refractivity contribution is 7.84. The van der Waals surface area contributed by atoms with Gasteiger partial charge in [-0.3, -0.25) is 13.7 Å². The van der Waals surface area contributed by atoms with Crippen molar-refractivity contribution in [3.05, 3.63) is 71.4 Å². The normalized spacial score (nSPS) is 20.2. The Balaban J connectivity index is 1.46. The Morgan fingerprint density at radius 1 is 1.27 bits per heavy atom. The fourth-order valence-electron chi connectivity index (χ4n) is 3.96. The van der Waals surface area contributed by atoms with Gasteiger partial charge in [0.15, 0.2) is 0 Å². The molecule has 15 heteroatoms. The second kappa shape index (κ2) is 10.5. The summed E-state index contributed by atoms with van der Waals surface area (Å²) in [7, 11) is -2.82. The molecule has 0 aliphatic heterocycles. The summed E-state index contributed by atoms with van der Waals surface area (Å²) in [6.07, 6.45) is -2.26. The first kappa shape index (κ1) is 26.7. The smallest absolute Gasteiger partial charge is 0.390 e. The molecule has 3 atom stereocenters. The molecule has 1 aromatic carbocycles. The Labute approximate surface area is 210 Å². The van der Waals surface area contributed by atoms with Gasteiger partial charge in [0.05, 0.1) is 23.8 Å². The highest BCUT2D eigenvalue weighted by Crippen LogP contribution is 2.30. The van der Waals surface area contributed by atoms with Crippen LogP contribution in [0.3, 0.4) is 0 Å². The number of aliphatic hydroxyl groups excluding tert-OH is 1. The summed E-state index contributed by atoms with van der Waals surface area (Å²) in [5.41, 5.74) is -0.316. The molecule has 1 fully saturated rings. The van der Waals surface area contributed by atoms with Crippen LogP contribution in [-0.4, -0.2) is 64.4 Å². The maximum absolute atomic E-state index is 13.1. The molecule has 11 nitrogen and oxygen atoms in total. The number of aliphatic hydroxyl groups is 1. The third-order valence-electron chi connectivity index (χ3n) is 5.74. The number of rotatable bonds is 9. The zero-order valence-corrected chi connectivity index (χ0v) is 20.2. The summed E-state index contributed by atoms with van der Waals surface area (Å²) < 4.78 is 70.6. The standard InChI is InChI=1S/C22H23F3N6O5S/c1-26-37(34,35)36-19-9-15(8-18(19)32)29-21-16(10-27-12-28-21)20(33)17-5-6-31(30-17)11-13-3-2-4-14(7-13)22(23,24)25/h2-7,10,12,15,18-19,26,32H,8-9,11H2,1H3,(H,27,28,29)/t15-,18+,19-/m1/s1. The van der Waals surface area contributed by atoms with E-state index in [1.54, 1.807) is 0 Å². The predicted octanol–water partition coefficient (Wildman–Crippen LogP) is 1.76. The van der Waals surface area contributed by atoms with Crippen molar-refractivity contribution in [3.8, 4) is 0 Å². The van der Waals surface area contributed by atoms with E-state index in [9.17, 15) is 31.5 Å². The summed E-state index contributed by atoms with van der Waals surface area (Å²) >= 11 is 0. The van der Waals surface area contributed by atoms with Crippen molar-refractivity contribution in [2.75, 3.05) is 12.4 Å². The van der Waals surface area contributed by atoms with Crippen molar-refractivity contribution in [2.24, 2.45) is 0 Å². The lowest BCUT2D eigenvalue weighted by molar-refractivity contribution is -0.137. The average molecular weight is 541 g/mol. The van der Waals surface area contributed by atoms with Gasteiger partial charge < -0.3 is 10.4 Å². The Bertz CT molecular complexity index is 1380. The molecule has 1 aliphatic rings. The van der Waals surface area contributed by atoms with Crippen LogP contribution >= 0.6 is 0 Å². The topological polar surface area (TPSA) is 148 Å². The van der Waals surface area contributed by atoms with E-state index >= 15 is 0 Å². The predicted molar refractivity (Wildman–Crippen MR) is 124 cm³/mol. The second-order valence-corrected chi connectivity index (χ2v) is 9.89. The van der Waals surface area contributed by atoms with Gasteiger partial charge in [-0.05, 0) is 36.6 Å². The van der Waals surface area contributed by atoms with E-state index in [-0.39, 0.29) is 36.5 Å². The molecule has 0 bridgehead atoms. The number of nitrogens with zero attached hydrogens (tertiary/aromatic N) is 4. The van der Waals surface area contributed by atoms with Crippen LogP contribution < -0.4 is 10.0 Å². The largest absolute Gasteiger partial charge is 0.416 e. The molecule has 0 radical (unpaired) electrons. The lowest BCUT2D eigenvalue weighted by Gasteiger charge is -2.15. The van der Waals surface area contributed by atoms with Gasteiger partial charge in [-0.15, -0.1) is 0 Å². The highest BCUT2D eigenvalue weighted by atomic mass is 32.2. The lowest BCUT2D eigenvalue weighted by Crippen LogP contribution is -2.31. The fourth-order valence-corrected chi connectivity index (χ4v) is 4.58. The van der Waals surface area contributed by atoms with E-state index in [2.05, 4.69) is 20.4 Å². The molecule has 3 N–H and O–H groups in total. The van der Waals surface area contributed by atoms with Crippen LogP contribution in [0.4, 0.5) is 19.0 Å². The molecule has 0 amide bonds. The van der Waals surface area contributed by atoms with Crippen LogP contribution in [-0.2, 0) is 27.2 Å². The van der Waals surface area contributed by atoms with E-state index in [0.29, 0.717) is 5.56 Å². The van der Waals surface area contributed by atoms with Crippen molar-refractivity contribution in [1.82, 2.24) is 24.5 Å². The number of hydrogen-bond acceptors (Lipinski definition) is 9. The lowest BCUT2D eigenvalue weighted by atomic mass is 10.1. The minimum Gasteiger partial charge on any atom is -0.390 e. The first-order valence-corrected chi connectivity index (χ1v) is 12.5. The van der Waals surface area contributed by atoms with Gasteiger partial charge in [0.1, 0.15) is 23.9 Å². The molecule has 0 saturated heterocycles. The average Bonchev–Trinajstić information content (AvgIpc) is 3.44.